The van der Waals surface area contributed by atoms with Gasteiger partial charge in [-0.1, -0.05) is 48.0 Å². The first kappa shape index (κ1) is 24.6. The van der Waals surface area contributed by atoms with Crippen LogP contribution in [0.1, 0.15) is 80.1 Å². The Balaban J connectivity index is 3.26. The Labute approximate surface area is 156 Å². The molecule has 0 aliphatic rings. The van der Waals surface area contributed by atoms with Crippen LogP contribution in [0.2, 0.25) is 0 Å². The van der Waals surface area contributed by atoms with Gasteiger partial charge in [0.25, 0.3) is 0 Å². The van der Waals surface area contributed by atoms with Gasteiger partial charge in [-0.15, -0.1) is 0 Å². The molecule has 0 spiro atoms. The molecule has 0 heterocycles. The Morgan fingerprint density at radius 1 is 0.600 bits per heavy atom. The van der Waals surface area contributed by atoms with Crippen LogP contribution >= 0.6 is 0 Å². The van der Waals surface area contributed by atoms with Gasteiger partial charge in [-0.25, -0.2) is 0 Å². The lowest BCUT2D eigenvalue weighted by molar-refractivity contribution is -0.120. The molecule has 150 valence electrons. The van der Waals surface area contributed by atoms with E-state index in [4.69, 9.17) is 14.2 Å². The van der Waals surface area contributed by atoms with Crippen LogP contribution in [0.15, 0.2) is 0 Å². The molecule has 0 aliphatic carbocycles. The van der Waals surface area contributed by atoms with Crippen molar-refractivity contribution >= 4 is 5.78 Å². The zero-order valence-corrected chi connectivity index (χ0v) is 17.6. The van der Waals surface area contributed by atoms with Crippen LogP contribution in [-0.2, 0) is 19.0 Å². The number of ether oxygens (including phenoxy) is 3. The van der Waals surface area contributed by atoms with Crippen LogP contribution in [0.25, 0.3) is 0 Å². The number of hydrogen-bond donors (Lipinski definition) is 0. The van der Waals surface area contributed by atoms with Gasteiger partial charge in [0, 0.05) is 19.4 Å². The maximum atomic E-state index is 11.7. The highest BCUT2D eigenvalue weighted by Gasteiger charge is 2.10. The summed E-state index contributed by atoms with van der Waals surface area (Å²) in [7, 11) is 0. The molecule has 0 atom stereocenters. The maximum absolute atomic E-state index is 11.7. The van der Waals surface area contributed by atoms with E-state index < -0.39 is 0 Å². The molecule has 0 amide bonds. The predicted octanol–water partition coefficient (Wildman–Crippen LogP) is 5.04. The Morgan fingerprint density at radius 3 is 1.60 bits per heavy atom. The molecular weight excluding hydrogens is 316 g/mol. The van der Waals surface area contributed by atoms with E-state index >= 15 is 0 Å². The van der Waals surface area contributed by atoms with Crippen molar-refractivity contribution in [3.8, 4) is 0 Å². The van der Waals surface area contributed by atoms with E-state index in [1.807, 2.05) is 0 Å². The first-order valence-corrected chi connectivity index (χ1v) is 9.85. The van der Waals surface area contributed by atoms with Crippen LogP contribution in [-0.4, -0.2) is 45.4 Å². The minimum atomic E-state index is 0.307. The van der Waals surface area contributed by atoms with Gasteiger partial charge in [0.1, 0.15) is 5.78 Å². The second-order valence-electron chi connectivity index (χ2n) is 9.20. The maximum Gasteiger partial charge on any atom is 0.135 e. The largest absolute Gasteiger partial charge is 0.379 e. The van der Waals surface area contributed by atoms with E-state index in [0.29, 0.717) is 62.5 Å². The van der Waals surface area contributed by atoms with Crippen molar-refractivity contribution in [2.75, 3.05) is 39.6 Å². The van der Waals surface area contributed by atoms with Crippen molar-refractivity contribution in [3.63, 3.8) is 0 Å². The van der Waals surface area contributed by atoms with Crippen molar-refractivity contribution in [2.45, 2.75) is 80.1 Å². The Hall–Kier alpha value is -0.450. The summed E-state index contributed by atoms with van der Waals surface area (Å²) >= 11 is 0. The molecule has 0 saturated carbocycles. The second kappa shape index (κ2) is 13.7. The van der Waals surface area contributed by atoms with E-state index in [1.54, 1.807) is 0 Å². The van der Waals surface area contributed by atoms with Crippen molar-refractivity contribution in [3.05, 3.63) is 0 Å². The Bertz CT molecular complexity index is 326. The highest BCUT2D eigenvalue weighted by molar-refractivity contribution is 5.78. The zero-order valence-electron chi connectivity index (χ0n) is 17.6. The summed E-state index contributed by atoms with van der Waals surface area (Å²) < 4.78 is 16.4. The van der Waals surface area contributed by atoms with Crippen LogP contribution in [0.3, 0.4) is 0 Å². The lowest BCUT2D eigenvalue weighted by Gasteiger charge is -2.17. The molecule has 0 aromatic rings. The number of unbranched alkanes of at least 4 members (excludes halogenated alkanes) is 1. The minimum absolute atomic E-state index is 0.307. The van der Waals surface area contributed by atoms with Gasteiger partial charge in [-0.2, -0.15) is 0 Å². The summed E-state index contributed by atoms with van der Waals surface area (Å²) in [4.78, 5) is 11.7. The standard InChI is InChI=1S/C21H42O4/c1-20(2,3)11-8-7-9-19(22)10-13-23-15-17-25-18-16-24-14-12-21(4,5)6/h7-18H2,1-6H3. The normalized spacial score (nSPS) is 12.6. The van der Waals surface area contributed by atoms with Crippen molar-refractivity contribution in [1.29, 1.82) is 0 Å². The molecule has 0 radical (unpaired) electrons. The van der Waals surface area contributed by atoms with Gasteiger partial charge < -0.3 is 14.2 Å². The third kappa shape index (κ3) is 21.5. The number of Topliss-reactive ketones (excluding diaryl/α,β-unsaturated/α-hetero) is 1. The fourth-order valence-corrected chi connectivity index (χ4v) is 2.21. The van der Waals surface area contributed by atoms with E-state index in [9.17, 15) is 4.79 Å². The molecule has 25 heavy (non-hydrogen) atoms. The van der Waals surface area contributed by atoms with Crippen molar-refractivity contribution in [1.82, 2.24) is 0 Å². The predicted molar refractivity (Wildman–Crippen MR) is 104 cm³/mol. The molecule has 4 heteroatoms. The molecule has 4 nitrogen and oxygen atoms in total. The van der Waals surface area contributed by atoms with Gasteiger partial charge in [0.2, 0.25) is 0 Å². The Morgan fingerprint density at radius 2 is 1.08 bits per heavy atom. The molecular formula is C21H42O4. The topological polar surface area (TPSA) is 44.8 Å². The molecule has 0 unspecified atom stereocenters. The van der Waals surface area contributed by atoms with Gasteiger partial charge in [-0.05, 0) is 30.1 Å². The van der Waals surface area contributed by atoms with Crippen LogP contribution in [0.5, 0.6) is 0 Å². The van der Waals surface area contributed by atoms with Crippen molar-refractivity contribution < 1.29 is 19.0 Å². The molecule has 0 saturated heterocycles. The number of hydrogen-bond acceptors (Lipinski definition) is 4. The summed E-state index contributed by atoms with van der Waals surface area (Å²) in [6.07, 6.45) is 5.55. The zero-order chi connectivity index (χ0) is 19.2. The summed E-state index contributed by atoms with van der Waals surface area (Å²) in [5.41, 5.74) is 0.683. The third-order valence-electron chi connectivity index (χ3n) is 3.90. The summed E-state index contributed by atoms with van der Waals surface area (Å²) in [5, 5.41) is 0. The van der Waals surface area contributed by atoms with E-state index in [-0.39, 0.29) is 0 Å². The minimum Gasteiger partial charge on any atom is -0.379 e. The first-order valence-electron chi connectivity index (χ1n) is 9.85. The quantitative estimate of drug-likeness (QED) is 0.385. The lowest BCUT2D eigenvalue weighted by Crippen LogP contribution is -2.13. The monoisotopic (exact) mass is 358 g/mol. The smallest absolute Gasteiger partial charge is 0.135 e. The van der Waals surface area contributed by atoms with Gasteiger partial charge in [0.15, 0.2) is 0 Å². The number of carbonyl (C=O) groups is 1. The number of rotatable bonds is 15. The molecule has 0 aromatic carbocycles. The molecule has 0 fully saturated rings. The van der Waals surface area contributed by atoms with Crippen molar-refractivity contribution in [2.24, 2.45) is 10.8 Å². The molecule has 0 bridgehead atoms. The summed E-state index contributed by atoms with van der Waals surface area (Å²) in [5.74, 6) is 0.307. The average molecular weight is 359 g/mol. The third-order valence-corrected chi connectivity index (χ3v) is 3.90. The van der Waals surface area contributed by atoms with E-state index in [0.717, 1.165) is 25.9 Å². The van der Waals surface area contributed by atoms with Crippen LogP contribution in [0.4, 0.5) is 0 Å². The van der Waals surface area contributed by atoms with Gasteiger partial charge in [-0.3, -0.25) is 4.79 Å². The van der Waals surface area contributed by atoms with Gasteiger partial charge >= 0.3 is 0 Å². The summed E-state index contributed by atoms with van der Waals surface area (Å²) in [6.45, 7) is 17.0. The summed E-state index contributed by atoms with van der Waals surface area (Å²) in [6, 6.07) is 0. The molecule has 0 aromatic heterocycles. The van der Waals surface area contributed by atoms with Gasteiger partial charge in [0.05, 0.1) is 33.0 Å². The molecule has 0 aliphatic heterocycles. The Kier molecular flexibility index (Phi) is 13.5. The van der Waals surface area contributed by atoms with E-state index in [1.165, 1.54) is 6.42 Å². The second-order valence-corrected chi connectivity index (χ2v) is 9.20. The highest BCUT2D eigenvalue weighted by atomic mass is 16.5. The fourth-order valence-electron chi connectivity index (χ4n) is 2.21. The SMILES string of the molecule is CC(C)(C)CCCCC(=O)CCOCCOCCOCCC(C)(C)C. The van der Waals surface area contributed by atoms with Crippen LogP contribution in [0, 0.1) is 10.8 Å². The van der Waals surface area contributed by atoms with E-state index in [2.05, 4.69) is 41.5 Å². The average Bonchev–Trinajstić information content (AvgIpc) is 2.47. The number of carbonyl (C=O) groups excluding carboxylic acids is 1. The highest BCUT2D eigenvalue weighted by Crippen LogP contribution is 2.22. The van der Waals surface area contributed by atoms with Crippen LogP contribution < -0.4 is 0 Å². The lowest BCUT2D eigenvalue weighted by atomic mass is 9.89. The number of ketones is 1. The molecule has 0 N–H and O–H groups in total. The molecule has 0 rings (SSSR count). The first-order chi connectivity index (χ1) is 11.6. The fraction of sp³-hybridized carbons (Fsp3) is 0.952.